The van der Waals surface area contributed by atoms with Crippen LogP contribution in [-0.2, 0) is 0 Å². The number of aromatic nitrogens is 2. The van der Waals surface area contributed by atoms with Gasteiger partial charge in [0.05, 0.1) is 17.3 Å². The van der Waals surface area contributed by atoms with E-state index in [1.165, 1.54) is 5.57 Å². The first-order valence-corrected chi connectivity index (χ1v) is 5.93. The number of aromatic amines is 1. The number of fused-ring (bicyclic) bond motifs is 1. The number of halogens is 1. The van der Waals surface area contributed by atoms with Crippen molar-refractivity contribution in [1.29, 1.82) is 0 Å². The molecule has 0 atom stereocenters. The normalized spacial score (nSPS) is 14.8. The van der Waals surface area contributed by atoms with E-state index in [4.69, 9.17) is 5.73 Å². The van der Waals surface area contributed by atoms with Crippen LogP contribution in [0.25, 0.3) is 16.5 Å². The fourth-order valence-electron chi connectivity index (χ4n) is 2.32. The third-order valence-corrected chi connectivity index (χ3v) is 3.25. The summed E-state index contributed by atoms with van der Waals surface area (Å²) in [4.78, 5) is 11.5. The molecule has 4 N–H and O–H groups in total. The van der Waals surface area contributed by atoms with Crippen molar-refractivity contribution in [3.63, 3.8) is 0 Å². The summed E-state index contributed by atoms with van der Waals surface area (Å²) in [7, 11) is 0. The Balaban J connectivity index is 0.00000133. The number of nitrogens with two attached hydrogens (primary N) is 1. The van der Waals surface area contributed by atoms with E-state index in [-0.39, 0.29) is 12.4 Å². The number of nitrogens with one attached hydrogen (secondary N) is 2. The molecule has 1 aromatic heterocycles. The van der Waals surface area contributed by atoms with Gasteiger partial charge in [0.2, 0.25) is 0 Å². The molecule has 1 aromatic carbocycles. The quantitative estimate of drug-likeness (QED) is 0.778. The van der Waals surface area contributed by atoms with E-state index < -0.39 is 5.91 Å². The molecule has 1 amide bonds. The summed E-state index contributed by atoms with van der Waals surface area (Å²) in [5.74, 6) is -0.430. The average molecular weight is 279 g/mol. The van der Waals surface area contributed by atoms with Crippen molar-refractivity contribution >= 4 is 34.8 Å². The van der Waals surface area contributed by atoms with Crippen molar-refractivity contribution in [1.82, 2.24) is 15.5 Å². The number of benzene rings is 1. The second kappa shape index (κ2) is 5.42. The van der Waals surface area contributed by atoms with E-state index in [9.17, 15) is 4.79 Å². The number of hydrogen-bond donors (Lipinski definition) is 3. The van der Waals surface area contributed by atoms with E-state index in [1.54, 1.807) is 6.20 Å². The van der Waals surface area contributed by atoms with Crippen LogP contribution in [0.4, 0.5) is 0 Å². The standard InChI is InChI=1S/C13H14N4O.ClH/c14-13(18)11-6-9(8-1-3-15-4-2-8)5-10-7-16-17-12(10)11;/h1,5-7,15H,2-4H2,(H2,14,18)(H,16,17);1H. The zero-order valence-electron chi connectivity index (χ0n) is 10.3. The van der Waals surface area contributed by atoms with Gasteiger partial charge >= 0.3 is 0 Å². The Labute approximate surface area is 116 Å². The first-order chi connectivity index (χ1) is 8.75. The van der Waals surface area contributed by atoms with Crippen molar-refractivity contribution in [3.05, 3.63) is 35.5 Å². The number of primary amides is 1. The third kappa shape index (κ3) is 2.47. The number of carbonyl (C=O) groups excluding carboxylic acids is 1. The van der Waals surface area contributed by atoms with Crippen molar-refractivity contribution in [3.8, 4) is 0 Å². The Kier molecular flexibility index (Phi) is 3.87. The molecule has 1 aliphatic rings. The van der Waals surface area contributed by atoms with Gasteiger partial charge in [-0.25, -0.2) is 0 Å². The van der Waals surface area contributed by atoms with E-state index in [2.05, 4.69) is 21.6 Å². The van der Waals surface area contributed by atoms with Crippen LogP contribution in [0.15, 0.2) is 24.4 Å². The molecule has 0 fully saturated rings. The zero-order valence-corrected chi connectivity index (χ0v) is 11.1. The molecule has 2 heterocycles. The maximum atomic E-state index is 11.5. The van der Waals surface area contributed by atoms with Gasteiger partial charge in [-0.1, -0.05) is 6.08 Å². The molecule has 0 unspecified atom stereocenters. The molecule has 1 aliphatic heterocycles. The highest BCUT2D eigenvalue weighted by Crippen LogP contribution is 2.26. The number of carbonyl (C=O) groups is 1. The van der Waals surface area contributed by atoms with Gasteiger partial charge in [0, 0.05) is 11.9 Å². The fourth-order valence-corrected chi connectivity index (χ4v) is 2.32. The van der Waals surface area contributed by atoms with Crippen LogP contribution in [0.5, 0.6) is 0 Å². The lowest BCUT2D eigenvalue weighted by atomic mass is 9.96. The lowest BCUT2D eigenvalue weighted by molar-refractivity contribution is 0.100. The number of rotatable bonds is 2. The zero-order chi connectivity index (χ0) is 12.5. The summed E-state index contributed by atoms with van der Waals surface area (Å²) >= 11 is 0. The molecule has 0 spiro atoms. The topological polar surface area (TPSA) is 83.8 Å². The van der Waals surface area contributed by atoms with Crippen LogP contribution in [0.1, 0.15) is 22.3 Å². The highest BCUT2D eigenvalue weighted by molar-refractivity contribution is 6.05. The lowest BCUT2D eigenvalue weighted by Gasteiger charge is -2.15. The Bertz CT molecular complexity index is 647. The van der Waals surface area contributed by atoms with Crippen LogP contribution < -0.4 is 11.1 Å². The minimum atomic E-state index is -0.430. The number of nitrogens with zero attached hydrogens (tertiary/aromatic N) is 1. The summed E-state index contributed by atoms with van der Waals surface area (Å²) in [6.45, 7) is 1.83. The SMILES string of the molecule is Cl.NC(=O)c1cc(C2=CCNCC2)cc2cn[nH]c12. The van der Waals surface area contributed by atoms with Gasteiger partial charge < -0.3 is 11.1 Å². The Morgan fingerprint density at radius 3 is 2.89 bits per heavy atom. The largest absolute Gasteiger partial charge is 0.366 e. The second-order valence-electron chi connectivity index (χ2n) is 4.41. The summed E-state index contributed by atoms with van der Waals surface area (Å²) in [5, 5.41) is 11.0. The number of H-pyrrole nitrogens is 1. The minimum Gasteiger partial charge on any atom is -0.366 e. The van der Waals surface area contributed by atoms with Gasteiger partial charge in [0.15, 0.2) is 0 Å². The first kappa shape index (κ1) is 13.6. The first-order valence-electron chi connectivity index (χ1n) is 5.93. The minimum absolute atomic E-state index is 0. The van der Waals surface area contributed by atoms with E-state index in [0.717, 1.165) is 30.5 Å². The highest BCUT2D eigenvalue weighted by atomic mass is 35.5. The number of hydrogen-bond acceptors (Lipinski definition) is 3. The third-order valence-electron chi connectivity index (χ3n) is 3.25. The maximum Gasteiger partial charge on any atom is 0.250 e. The van der Waals surface area contributed by atoms with Crippen LogP contribution in [-0.4, -0.2) is 29.2 Å². The van der Waals surface area contributed by atoms with Crippen LogP contribution >= 0.6 is 12.4 Å². The molecule has 19 heavy (non-hydrogen) atoms. The molecule has 2 aromatic rings. The van der Waals surface area contributed by atoms with Crippen LogP contribution in [0, 0.1) is 0 Å². The molecule has 0 saturated heterocycles. The summed E-state index contributed by atoms with van der Waals surface area (Å²) < 4.78 is 0. The summed E-state index contributed by atoms with van der Waals surface area (Å²) in [5.41, 5.74) is 8.93. The van der Waals surface area contributed by atoms with Crippen LogP contribution in [0.2, 0.25) is 0 Å². The molecule has 0 saturated carbocycles. The highest BCUT2D eigenvalue weighted by Gasteiger charge is 2.13. The van der Waals surface area contributed by atoms with Gasteiger partial charge in [-0.3, -0.25) is 9.89 Å². The van der Waals surface area contributed by atoms with E-state index in [1.807, 2.05) is 12.1 Å². The number of amides is 1. The van der Waals surface area contributed by atoms with E-state index >= 15 is 0 Å². The van der Waals surface area contributed by atoms with Crippen molar-refractivity contribution in [2.45, 2.75) is 6.42 Å². The van der Waals surface area contributed by atoms with E-state index in [0.29, 0.717) is 11.1 Å². The van der Waals surface area contributed by atoms with Crippen molar-refractivity contribution in [2.24, 2.45) is 5.73 Å². The Morgan fingerprint density at radius 1 is 1.37 bits per heavy atom. The summed E-state index contributed by atoms with van der Waals surface area (Å²) in [6.07, 6.45) is 4.82. The van der Waals surface area contributed by atoms with Gasteiger partial charge in [-0.05, 0) is 36.2 Å². The molecule has 0 aliphatic carbocycles. The second-order valence-corrected chi connectivity index (χ2v) is 4.41. The van der Waals surface area contributed by atoms with Crippen molar-refractivity contribution in [2.75, 3.05) is 13.1 Å². The Hall–Kier alpha value is -1.85. The van der Waals surface area contributed by atoms with Gasteiger partial charge in [-0.2, -0.15) is 5.10 Å². The molecule has 3 rings (SSSR count). The maximum absolute atomic E-state index is 11.5. The summed E-state index contributed by atoms with van der Waals surface area (Å²) in [6, 6.07) is 3.89. The predicted octanol–water partition coefficient (Wildman–Crippen LogP) is 1.46. The van der Waals surface area contributed by atoms with Crippen LogP contribution in [0.3, 0.4) is 0 Å². The predicted molar refractivity (Wildman–Crippen MR) is 77.3 cm³/mol. The fraction of sp³-hybridized carbons (Fsp3) is 0.231. The van der Waals surface area contributed by atoms with Crippen molar-refractivity contribution < 1.29 is 4.79 Å². The monoisotopic (exact) mass is 278 g/mol. The van der Waals surface area contributed by atoms with Gasteiger partial charge in [0.1, 0.15) is 0 Å². The smallest absolute Gasteiger partial charge is 0.250 e. The Morgan fingerprint density at radius 2 is 2.21 bits per heavy atom. The van der Waals surface area contributed by atoms with Gasteiger partial charge in [-0.15, -0.1) is 12.4 Å². The molecule has 0 radical (unpaired) electrons. The molecular formula is C13H15ClN4O. The average Bonchev–Trinajstić information content (AvgIpc) is 2.86. The molecule has 6 heteroatoms. The lowest BCUT2D eigenvalue weighted by Crippen LogP contribution is -2.20. The molecule has 0 bridgehead atoms. The van der Waals surface area contributed by atoms with Gasteiger partial charge in [0.25, 0.3) is 5.91 Å². The molecular weight excluding hydrogens is 264 g/mol. The molecule has 100 valence electrons. The molecule has 5 nitrogen and oxygen atoms in total.